The van der Waals surface area contributed by atoms with Gasteiger partial charge in [-0.25, -0.2) is 0 Å². The van der Waals surface area contributed by atoms with Crippen LogP contribution in [-0.2, 0) is 6.42 Å². The molecule has 88 valence electrons. The minimum atomic E-state index is 0.0632. The fraction of sp³-hybridized carbons (Fsp3) is 0.214. The van der Waals surface area contributed by atoms with Gasteiger partial charge in [0, 0.05) is 12.0 Å². The molecule has 0 aliphatic rings. The van der Waals surface area contributed by atoms with Crippen molar-refractivity contribution in [3.63, 3.8) is 0 Å². The van der Waals surface area contributed by atoms with Crippen molar-refractivity contribution in [1.29, 1.82) is 0 Å². The molecule has 0 spiro atoms. The van der Waals surface area contributed by atoms with Gasteiger partial charge in [0.15, 0.2) is 5.78 Å². The fourth-order valence-corrected chi connectivity index (χ4v) is 2.23. The maximum Gasteiger partial charge on any atom is 0.159 e. The first-order chi connectivity index (χ1) is 8.25. The number of rotatable bonds is 5. The molecule has 2 nitrogen and oxygen atoms in total. The third-order valence-electron chi connectivity index (χ3n) is 2.48. The predicted molar refractivity (Wildman–Crippen MR) is 70.0 cm³/mol. The van der Waals surface area contributed by atoms with E-state index in [0.717, 1.165) is 12.2 Å². The van der Waals surface area contributed by atoms with Crippen LogP contribution in [0.4, 0.5) is 0 Å². The molecule has 0 fully saturated rings. The zero-order chi connectivity index (χ0) is 12.1. The van der Waals surface area contributed by atoms with Gasteiger partial charge in [0.2, 0.25) is 0 Å². The Bertz CT molecular complexity index is 489. The minimum absolute atomic E-state index is 0.0632. The van der Waals surface area contributed by atoms with E-state index in [0.29, 0.717) is 12.2 Å². The minimum Gasteiger partial charge on any atom is -0.493 e. The normalized spacial score (nSPS) is 10.2. The molecule has 1 aromatic carbocycles. The second kappa shape index (κ2) is 5.64. The first kappa shape index (κ1) is 11.9. The van der Waals surface area contributed by atoms with Gasteiger partial charge >= 0.3 is 0 Å². The molecule has 0 saturated carbocycles. The largest absolute Gasteiger partial charge is 0.493 e. The van der Waals surface area contributed by atoms with Crippen molar-refractivity contribution in [2.24, 2.45) is 0 Å². The highest BCUT2D eigenvalue weighted by Crippen LogP contribution is 2.14. The SMILES string of the molecule is CC(=O)c1cccc(OCCc2ccsc2)c1. The van der Waals surface area contributed by atoms with Crippen molar-refractivity contribution in [3.05, 3.63) is 52.2 Å². The van der Waals surface area contributed by atoms with Crippen LogP contribution in [0.15, 0.2) is 41.1 Å². The van der Waals surface area contributed by atoms with Gasteiger partial charge in [-0.1, -0.05) is 12.1 Å². The third-order valence-corrected chi connectivity index (χ3v) is 3.21. The van der Waals surface area contributed by atoms with Crippen LogP contribution in [0.3, 0.4) is 0 Å². The maximum absolute atomic E-state index is 11.2. The van der Waals surface area contributed by atoms with Gasteiger partial charge in [0.1, 0.15) is 5.75 Å². The average molecular weight is 246 g/mol. The number of thiophene rings is 1. The first-order valence-corrected chi connectivity index (χ1v) is 6.45. The molecule has 2 rings (SSSR count). The standard InChI is InChI=1S/C14H14O2S/c1-11(15)13-3-2-4-14(9-13)16-7-5-12-6-8-17-10-12/h2-4,6,8-10H,5,7H2,1H3. The van der Waals surface area contributed by atoms with Crippen LogP contribution < -0.4 is 4.74 Å². The van der Waals surface area contributed by atoms with Crippen molar-refractivity contribution in [1.82, 2.24) is 0 Å². The summed E-state index contributed by atoms with van der Waals surface area (Å²) in [6, 6.07) is 9.40. The number of hydrogen-bond donors (Lipinski definition) is 0. The number of ketones is 1. The molecule has 0 amide bonds. The summed E-state index contributed by atoms with van der Waals surface area (Å²) in [6.45, 7) is 2.20. The fourth-order valence-electron chi connectivity index (χ4n) is 1.53. The lowest BCUT2D eigenvalue weighted by molar-refractivity contribution is 0.101. The van der Waals surface area contributed by atoms with Crippen LogP contribution >= 0.6 is 11.3 Å². The average Bonchev–Trinajstić information content (AvgIpc) is 2.82. The van der Waals surface area contributed by atoms with Crippen molar-refractivity contribution in [3.8, 4) is 5.75 Å². The molecule has 0 bridgehead atoms. The highest BCUT2D eigenvalue weighted by Gasteiger charge is 2.01. The van der Waals surface area contributed by atoms with E-state index in [1.54, 1.807) is 30.4 Å². The molecule has 0 atom stereocenters. The van der Waals surface area contributed by atoms with Gasteiger partial charge in [-0.3, -0.25) is 4.79 Å². The molecule has 0 saturated heterocycles. The molecule has 2 aromatic rings. The molecule has 0 aliphatic heterocycles. The molecular formula is C14H14O2S. The first-order valence-electron chi connectivity index (χ1n) is 5.50. The molecule has 17 heavy (non-hydrogen) atoms. The van der Waals surface area contributed by atoms with Gasteiger partial charge in [0.25, 0.3) is 0 Å². The van der Waals surface area contributed by atoms with E-state index in [9.17, 15) is 4.79 Å². The predicted octanol–water partition coefficient (Wildman–Crippen LogP) is 3.57. The van der Waals surface area contributed by atoms with Crippen LogP contribution in [0.5, 0.6) is 5.75 Å². The summed E-state index contributed by atoms with van der Waals surface area (Å²) in [5.74, 6) is 0.821. The molecule has 0 radical (unpaired) electrons. The van der Waals surface area contributed by atoms with Crippen molar-refractivity contribution in [2.75, 3.05) is 6.61 Å². The van der Waals surface area contributed by atoms with Crippen molar-refractivity contribution < 1.29 is 9.53 Å². The summed E-state index contributed by atoms with van der Waals surface area (Å²) < 4.78 is 5.62. The Hall–Kier alpha value is -1.61. The summed E-state index contributed by atoms with van der Waals surface area (Å²) in [5.41, 5.74) is 1.98. The lowest BCUT2D eigenvalue weighted by Crippen LogP contribution is -2.01. The van der Waals surface area contributed by atoms with E-state index >= 15 is 0 Å². The van der Waals surface area contributed by atoms with Crippen LogP contribution in [0.25, 0.3) is 0 Å². The smallest absolute Gasteiger partial charge is 0.159 e. The van der Waals surface area contributed by atoms with Gasteiger partial charge in [0.05, 0.1) is 6.61 Å². The van der Waals surface area contributed by atoms with E-state index in [1.807, 2.05) is 12.1 Å². The number of hydrogen-bond acceptors (Lipinski definition) is 3. The van der Waals surface area contributed by atoms with E-state index in [-0.39, 0.29) is 5.78 Å². The zero-order valence-corrected chi connectivity index (χ0v) is 10.5. The lowest BCUT2D eigenvalue weighted by Gasteiger charge is -2.06. The molecule has 0 N–H and O–H groups in total. The number of carbonyl (C=O) groups excluding carboxylic acids is 1. The number of Topliss-reactive ketones (excluding diaryl/α,β-unsaturated/α-hetero) is 1. The highest BCUT2D eigenvalue weighted by molar-refractivity contribution is 7.07. The summed E-state index contributed by atoms with van der Waals surface area (Å²) in [5, 5.41) is 4.18. The molecule has 0 unspecified atom stereocenters. The van der Waals surface area contributed by atoms with Crippen molar-refractivity contribution in [2.45, 2.75) is 13.3 Å². The third kappa shape index (κ3) is 3.43. The number of carbonyl (C=O) groups is 1. The second-order valence-corrected chi connectivity index (χ2v) is 4.59. The molecule has 1 heterocycles. The number of benzene rings is 1. The molecule has 3 heteroatoms. The monoisotopic (exact) mass is 246 g/mol. The Balaban J connectivity index is 1.90. The molecule has 0 aliphatic carbocycles. The Kier molecular flexibility index (Phi) is 3.94. The van der Waals surface area contributed by atoms with Crippen LogP contribution in [0.1, 0.15) is 22.8 Å². The summed E-state index contributed by atoms with van der Waals surface area (Å²) in [4.78, 5) is 11.2. The second-order valence-electron chi connectivity index (χ2n) is 3.81. The lowest BCUT2D eigenvalue weighted by atomic mass is 10.1. The Labute approximate surface area is 105 Å². The van der Waals surface area contributed by atoms with Crippen LogP contribution in [-0.4, -0.2) is 12.4 Å². The van der Waals surface area contributed by atoms with Crippen LogP contribution in [0, 0.1) is 0 Å². The Morgan fingerprint density at radius 3 is 2.94 bits per heavy atom. The summed E-state index contributed by atoms with van der Waals surface area (Å²) in [7, 11) is 0. The molecule has 1 aromatic heterocycles. The maximum atomic E-state index is 11.2. The van der Waals surface area contributed by atoms with Gasteiger partial charge in [-0.05, 0) is 41.4 Å². The summed E-state index contributed by atoms with van der Waals surface area (Å²) >= 11 is 1.69. The van der Waals surface area contributed by atoms with E-state index in [1.165, 1.54) is 5.56 Å². The topological polar surface area (TPSA) is 26.3 Å². The summed E-state index contributed by atoms with van der Waals surface area (Å²) in [6.07, 6.45) is 0.897. The highest BCUT2D eigenvalue weighted by atomic mass is 32.1. The number of ether oxygens (including phenoxy) is 1. The quantitative estimate of drug-likeness (QED) is 0.754. The van der Waals surface area contributed by atoms with Crippen LogP contribution in [0.2, 0.25) is 0 Å². The van der Waals surface area contributed by atoms with E-state index < -0.39 is 0 Å². The van der Waals surface area contributed by atoms with Gasteiger partial charge in [-0.2, -0.15) is 11.3 Å². The van der Waals surface area contributed by atoms with E-state index in [4.69, 9.17) is 4.74 Å². The zero-order valence-electron chi connectivity index (χ0n) is 9.68. The molecular weight excluding hydrogens is 232 g/mol. The van der Waals surface area contributed by atoms with Crippen molar-refractivity contribution >= 4 is 17.1 Å². The Morgan fingerprint density at radius 2 is 2.24 bits per heavy atom. The Morgan fingerprint density at radius 1 is 1.35 bits per heavy atom. The van der Waals surface area contributed by atoms with E-state index in [2.05, 4.69) is 16.8 Å². The van der Waals surface area contributed by atoms with Gasteiger partial charge in [-0.15, -0.1) is 0 Å². The van der Waals surface area contributed by atoms with Gasteiger partial charge < -0.3 is 4.74 Å².